The fourth-order valence-corrected chi connectivity index (χ4v) is 5.71. The Labute approximate surface area is 248 Å². The highest BCUT2D eigenvalue weighted by molar-refractivity contribution is 6.04. The van der Waals surface area contributed by atoms with Crippen molar-refractivity contribution in [3.63, 3.8) is 0 Å². The lowest BCUT2D eigenvalue weighted by Crippen LogP contribution is -2.46. The molecule has 3 aliphatic rings. The normalized spacial score (nSPS) is 14.5. The predicted octanol–water partition coefficient (Wildman–Crippen LogP) is 6.34. The Morgan fingerprint density at radius 2 is 1.53 bits per heavy atom. The fourth-order valence-electron chi connectivity index (χ4n) is 5.71. The lowest BCUT2D eigenvalue weighted by molar-refractivity contribution is 0.0910. The standard InChI is InChI=1S/C18H17N3O2.C14H10N2O2.C2H4/c1-19-13-7-11-12-9-20-18(22)10-5-4-6-15(17(10)12)23-16(11)8-14(13)21(2)3;17-14-9-5-3-7-11-12(9)13(15-16-14)8-4-1-2-6-10(8)18-11;1-2/h4-9,19H,1-3H3,(H,20,22);1-7,13,15H,(H,16,17);1-2H2. The summed E-state index contributed by atoms with van der Waals surface area (Å²) in [7, 11) is 5.89. The molecule has 4 aromatic carbocycles. The Hall–Kier alpha value is -5.54. The summed E-state index contributed by atoms with van der Waals surface area (Å²) in [6.07, 6.45) is 1.77. The number of hydrogen-bond donors (Lipinski definition) is 4. The van der Waals surface area contributed by atoms with Gasteiger partial charge in [-0.25, -0.2) is 5.43 Å². The van der Waals surface area contributed by atoms with Crippen LogP contribution in [0.2, 0.25) is 0 Å². The molecule has 0 saturated carbocycles. The molecular formula is C34H31N5O4. The summed E-state index contributed by atoms with van der Waals surface area (Å²) in [6, 6.07) is 23.0. The minimum Gasteiger partial charge on any atom is -0.457 e. The molecule has 5 aromatic rings. The Kier molecular flexibility index (Phi) is 7.09. The number of aromatic nitrogens is 1. The van der Waals surface area contributed by atoms with E-state index in [4.69, 9.17) is 9.47 Å². The van der Waals surface area contributed by atoms with Crippen molar-refractivity contribution < 1.29 is 14.3 Å². The van der Waals surface area contributed by atoms with Gasteiger partial charge in [0.05, 0.1) is 22.8 Å². The van der Waals surface area contributed by atoms with Gasteiger partial charge in [0, 0.05) is 66.6 Å². The molecular weight excluding hydrogens is 542 g/mol. The molecule has 8 rings (SSSR count). The van der Waals surface area contributed by atoms with E-state index < -0.39 is 0 Å². The molecule has 0 fully saturated rings. The van der Waals surface area contributed by atoms with Crippen molar-refractivity contribution in [2.75, 3.05) is 31.4 Å². The number of benzene rings is 4. The lowest BCUT2D eigenvalue weighted by atomic mass is 9.90. The van der Waals surface area contributed by atoms with Gasteiger partial charge in [-0.2, -0.15) is 0 Å². The van der Waals surface area contributed by atoms with Crippen LogP contribution in [0, 0.1) is 0 Å². The summed E-state index contributed by atoms with van der Waals surface area (Å²) in [6.45, 7) is 6.00. The van der Waals surface area contributed by atoms with Crippen molar-refractivity contribution in [3.05, 3.63) is 119 Å². The Morgan fingerprint density at radius 3 is 2.33 bits per heavy atom. The molecule has 0 saturated heterocycles. The lowest BCUT2D eigenvalue weighted by Gasteiger charge is -2.33. The third-order valence-electron chi connectivity index (χ3n) is 7.63. The van der Waals surface area contributed by atoms with Gasteiger partial charge in [0.2, 0.25) is 0 Å². The number of para-hydroxylation sites is 1. The van der Waals surface area contributed by atoms with Crippen molar-refractivity contribution >= 4 is 28.1 Å². The molecule has 0 radical (unpaired) electrons. The van der Waals surface area contributed by atoms with E-state index in [9.17, 15) is 9.59 Å². The van der Waals surface area contributed by atoms with E-state index in [-0.39, 0.29) is 17.5 Å². The predicted molar refractivity (Wildman–Crippen MR) is 171 cm³/mol. The molecule has 4 heterocycles. The number of nitrogens with one attached hydrogen (secondary N) is 4. The first-order valence-electron chi connectivity index (χ1n) is 13.8. The van der Waals surface area contributed by atoms with Crippen molar-refractivity contribution in [1.29, 1.82) is 0 Å². The highest BCUT2D eigenvalue weighted by atomic mass is 16.5. The van der Waals surface area contributed by atoms with Crippen LogP contribution in [0.5, 0.6) is 23.0 Å². The molecule has 3 aliphatic heterocycles. The summed E-state index contributed by atoms with van der Waals surface area (Å²) >= 11 is 0. The largest absolute Gasteiger partial charge is 0.457 e. The average molecular weight is 574 g/mol. The first-order chi connectivity index (χ1) is 20.9. The third kappa shape index (κ3) is 4.56. The number of amides is 1. The summed E-state index contributed by atoms with van der Waals surface area (Å²) in [5, 5.41) is 4.74. The minimum absolute atomic E-state index is 0.0427. The molecule has 4 N–H and O–H groups in total. The number of nitrogens with zero attached hydrogens (tertiary/aromatic N) is 1. The molecule has 1 amide bonds. The van der Waals surface area contributed by atoms with Crippen LogP contribution in [0.4, 0.5) is 11.4 Å². The van der Waals surface area contributed by atoms with Crippen LogP contribution in [-0.2, 0) is 0 Å². The fraction of sp³-hybridized carbons (Fsp3) is 0.118. The van der Waals surface area contributed by atoms with E-state index in [1.165, 1.54) is 0 Å². The zero-order valence-corrected chi connectivity index (χ0v) is 24.1. The van der Waals surface area contributed by atoms with Crippen LogP contribution in [-0.4, -0.2) is 32.0 Å². The van der Waals surface area contributed by atoms with Gasteiger partial charge in [-0.1, -0.05) is 30.3 Å². The topological polar surface area (TPSA) is 108 Å². The van der Waals surface area contributed by atoms with Crippen molar-refractivity contribution in [3.8, 4) is 34.1 Å². The van der Waals surface area contributed by atoms with E-state index in [0.29, 0.717) is 10.9 Å². The maximum absolute atomic E-state index is 12.1. The Morgan fingerprint density at radius 1 is 0.814 bits per heavy atom. The quantitative estimate of drug-likeness (QED) is 0.179. The number of aromatic amines is 1. The van der Waals surface area contributed by atoms with Gasteiger partial charge in [0.25, 0.3) is 11.5 Å². The first kappa shape index (κ1) is 27.6. The molecule has 1 unspecified atom stereocenters. The number of anilines is 2. The molecule has 216 valence electrons. The number of hydrazine groups is 1. The van der Waals surface area contributed by atoms with Gasteiger partial charge < -0.3 is 24.7 Å². The smallest absolute Gasteiger partial charge is 0.265 e. The van der Waals surface area contributed by atoms with Gasteiger partial charge in [-0.05, 0) is 36.4 Å². The monoisotopic (exact) mass is 573 g/mol. The summed E-state index contributed by atoms with van der Waals surface area (Å²) < 4.78 is 11.9. The van der Waals surface area contributed by atoms with Crippen LogP contribution in [0.25, 0.3) is 21.9 Å². The summed E-state index contributed by atoms with van der Waals surface area (Å²) in [5.41, 5.74) is 12.3. The Bertz CT molecular complexity index is 1950. The molecule has 0 aliphatic carbocycles. The maximum atomic E-state index is 12.1. The van der Waals surface area contributed by atoms with Crippen LogP contribution >= 0.6 is 0 Å². The number of ether oxygens (including phenoxy) is 2. The molecule has 9 nitrogen and oxygen atoms in total. The number of pyridine rings is 1. The van der Waals surface area contributed by atoms with Gasteiger partial charge in [-0.15, -0.1) is 13.2 Å². The second-order valence-electron chi connectivity index (χ2n) is 10.2. The van der Waals surface area contributed by atoms with E-state index >= 15 is 0 Å². The van der Waals surface area contributed by atoms with Crippen LogP contribution in [0.15, 0.2) is 96.9 Å². The van der Waals surface area contributed by atoms with Gasteiger partial charge >= 0.3 is 0 Å². The summed E-state index contributed by atoms with van der Waals surface area (Å²) in [4.78, 5) is 28.7. The maximum Gasteiger partial charge on any atom is 0.265 e. The molecule has 0 bridgehead atoms. The zero-order chi connectivity index (χ0) is 30.2. The first-order valence-corrected chi connectivity index (χ1v) is 13.8. The van der Waals surface area contributed by atoms with E-state index in [1.807, 2.05) is 92.8 Å². The molecule has 1 atom stereocenters. The SMILES string of the molecule is C=C.CNc1cc2c(cc1N(C)C)Oc1cccc3c(=O)[nH]cc-2c13.O=C1NNC2c3ccccc3Oc3cccc1c32. The second kappa shape index (κ2) is 11.0. The van der Waals surface area contributed by atoms with Gasteiger partial charge in [0.1, 0.15) is 23.0 Å². The highest BCUT2D eigenvalue weighted by Crippen LogP contribution is 2.48. The summed E-state index contributed by atoms with van der Waals surface area (Å²) in [5.74, 6) is 2.97. The number of fused-ring (bicyclic) bond motifs is 4. The molecule has 0 spiro atoms. The van der Waals surface area contributed by atoms with Crippen LogP contribution < -0.4 is 36.1 Å². The van der Waals surface area contributed by atoms with Gasteiger partial charge in [0.15, 0.2) is 0 Å². The van der Waals surface area contributed by atoms with Crippen molar-refractivity contribution in [2.45, 2.75) is 6.04 Å². The van der Waals surface area contributed by atoms with E-state index in [0.717, 1.165) is 62.0 Å². The van der Waals surface area contributed by atoms with Gasteiger partial charge in [-0.3, -0.25) is 15.0 Å². The molecule has 1 aromatic heterocycles. The number of rotatable bonds is 2. The second-order valence-corrected chi connectivity index (χ2v) is 10.2. The minimum atomic E-state index is -0.119. The number of carbonyl (C=O) groups is 1. The molecule has 43 heavy (non-hydrogen) atoms. The highest BCUT2D eigenvalue weighted by Gasteiger charge is 2.34. The van der Waals surface area contributed by atoms with Crippen LogP contribution in [0.1, 0.15) is 27.5 Å². The zero-order valence-electron chi connectivity index (χ0n) is 24.1. The number of H-pyrrole nitrogens is 1. The number of carbonyl (C=O) groups excluding carboxylic acids is 1. The average Bonchev–Trinajstić information content (AvgIpc) is 3.04. The van der Waals surface area contributed by atoms with Crippen LogP contribution in [0.3, 0.4) is 0 Å². The van der Waals surface area contributed by atoms with Crippen molar-refractivity contribution in [2.24, 2.45) is 0 Å². The van der Waals surface area contributed by atoms with E-state index in [1.54, 1.807) is 6.20 Å². The molecule has 9 heteroatoms. The third-order valence-corrected chi connectivity index (χ3v) is 7.63. The van der Waals surface area contributed by atoms with E-state index in [2.05, 4.69) is 40.4 Å². The Balaban J connectivity index is 0.000000148. The van der Waals surface area contributed by atoms with Crippen molar-refractivity contribution in [1.82, 2.24) is 15.8 Å². The number of hydrogen-bond acceptors (Lipinski definition) is 7.